The monoisotopic (exact) mass is 297 g/mol. The topological polar surface area (TPSA) is 46.6 Å². The molecule has 5 heteroatoms. The predicted molar refractivity (Wildman–Crippen MR) is 80.8 cm³/mol. The smallest absolute Gasteiger partial charge is 0.325 e. The average Bonchev–Trinajstić information content (AvgIpc) is 2.91. The van der Waals surface area contributed by atoms with Gasteiger partial charge in [0.2, 0.25) is 5.91 Å². The van der Waals surface area contributed by atoms with E-state index in [0.717, 1.165) is 30.6 Å². The molecule has 1 amide bonds. The lowest BCUT2D eigenvalue weighted by atomic mass is 10.2. The summed E-state index contributed by atoms with van der Waals surface area (Å²) in [6.45, 7) is 2.62. The Morgan fingerprint density at radius 1 is 1.30 bits per heavy atom. The molecule has 4 nitrogen and oxygen atoms in total. The molecular formula is C15H23NO3S. The second kappa shape index (κ2) is 9.53. The number of rotatable bonds is 9. The van der Waals surface area contributed by atoms with E-state index in [0.29, 0.717) is 13.0 Å². The fourth-order valence-electron chi connectivity index (χ4n) is 1.74. The van der Waals surface area contributed by atoms with Crippen molar-refractivity contribution in [2.24, 2.45) is 0 Å². The number of carbonyl (C=O) groups excluding carboxylic acids is 2. The van der Waals surface area contributed by atoms with E-state index in [1.54, 1.807) is 18.4 Å². The molecule has 1 aromatic rings. The minimum Gasteiger partial charge on any atom is -0.464 e. The summed E-state index contributed by atoms with van der Waals surface area (Å²) in [5.41, 5.74) is 0. The van der Waals surface area contributed by atoms with Crippen LogP contribution < -0.4 is 0 Å². The van der Waals surface area contributed by atoms with Gasteiger partial charge in [0.05, 0.1) is 13.0 Å². The highest BCUT2D eigenvalue weighted by Gasteiger charge is 2.14. The zero-order valence-electron chi connectivity index (χ0n) is 12.3. The maximum absolute atomic E-state index is 11.9. The van der Waals surface area contributed by atoms with E-state index < -0.39 is 0 Å². The van der Waals surface area contributed by atoms with E-state index in [1.165, 1.54) is 4.90 Å². The van der Waals surface area contributed by atoms with E-state index in [1.807, 2.05) is 17.5 Å². The molecule has 0 aliphatic heterocycles. The first-order valence-corrected chi connectivity index (χ1v) is 7.93. The van der Waals surface area contributed by atoms with Crippen LogP contribution in [0.25, 0.3) is 0 Å². The molecule has 0 aromatic carbocycles. The van der Waals surface area contributed by atoms with Crippen molar-refractivity contribution in [2.75, 3.05) is 20.2 Å². The largest absolute Gasteiger partial charge is 0.464 e. The van der Waals surface area contributed by atoms with Crippen LogP contribution >= 0.6 is 11.3 Å². The first-order chi connectivity index (χ1) is 9.63. The minimum atomic E-state index is -0.330. The van der Waals surface area contributed by atoms with Crippen LogP contribution in [0.15, 0.2) is 17.5 Å². The van der Waals surface area contributed by atoms with Gasteiger partial charge in [-0.1, -0.05) is 32.3 Å². The molecule has 0 aliphatic rings. The summed E-state index contributed by atoms with van der Waals surface area (Å²) in [5.74, 6) is -0.390. The molecule has 0 saturated carbocycles. The number of amides is 1. The fraction of sp³-hybridized carbons (Fsp3) is 0.600. The van der Waals surface area contributed by atoms with Gasteiger partial charge in [0, 0.05) is 11.9 Å². The molecular weight excluding hydrogens is 274 g/mol. The quantitative estimate of drug-likeness (QED) is 0.520. The highest BCUT2D eigenvalue weighted by Crippen LogP contribution is 2.10. The number of carbonyl (C=O) groups is 2. The van der Waals surface area contributed by atoms with Gasteiger partial charge in [-0.3, -0.25) is 9.59 Å². The van der Waals surface area contributed by atoms with Gasteiger partial charge in [0.1, 0.15) is 6.54 Å². The van der Waals surface area contributed by atoms with Crippen molar-refractivity contribution in [1.82, 2.24) is 4.90 Å². The molecule has 112 valence electrons. The predicted octanol–water partition coefficient (Wildman–Crippen LogP) is 2.87. The van der Waals surface area contributed by atoms with Gasteiger partial charge < -0.3 is 9.64 Å². The second-order valence-electron chi connectivity index (χ2n) is 4.79. The van der Waals surface area contributed by atoms with Gasteiger partial charge in [-0.05, 0) is 17.9 Å². The van der Waals surface area contributed by atoms with Gasteiger partial charge in [-0.2, -0.15) is 0 Å². The van der Waals surface area contributed by atoms with Crippen LogP contribution in [0.1, 0.15) is 37.5 Å². The van der Waals surface area contributed by atoms with Crippen LogP contribution in [0.2, 0.25) is 0 Å². The number of ether oxygens (including phenoxy) is 1. The summed E-state index contributed by atoms with van der Waals surface area (Å²) in [7, 11) is 1.63. The Kier molecular flexibility index (Phi) is 7.95. The van der Waals surface area contributed by atoms with Crippen molar-refractivity contribution < 1.29 is 14.3 Å². The van der Waals surface area contributed by atoms with Crippen molar-refractivity contribution in [3.05, 3.63) is 22.4 Å². The van der Waals surface area contributed by atoms with E-state index in [9.17, 15) is 9.59 Å². The van der Waals surface area contributed by atoms with Gasteiger partial charge in [-0.15, -0.1) is 11.3 Å². The summed E-state index contributed by atoms with van der Waals surface area (Å²) in [6, 6.07) is 3.83. The molecule has 0 N–H and O–H groups in total. The lowest BCUT2D eigenvalue weighted by Crippen LogP contribution is -2.34. The summed E-state index contributed by atoms with van der Waals surface area (Å²) in [4.78, 5) is 25.9. The summed E-state index contributed by atoms with van der Waals surface area (Å²) < 4.78 is 5.11. The Morgan fingerprint density at radius 3 is 2.75 bits per heavy atom. The lowest BCUT2D eigenvalue weighted by molar-refractivity contribution is -0.148. The number of thiophene rings is 1. The third-order valence-corrected chi connectivity index (χ3v) is 3.83. The molecule has 0 bridgehead atoms. The van der Waals surface area contributed by atoms with E-state index in [4.69, 9.17) is 4.74 Å². The zero-order chi connectivity index (χ0) is 14.8. The molecule has 0 unspecified atom stereocenters. The standard InChI is InChI=1S/C15H23NO3S/c1-3-4-5-6-9-19-15(18)12-16(2)14(17)11-13-8-7-10-20-13/h7-8,10H,3-6,9,11-12H2,1-2H3. The first-order valence-electron chi connectivity index (χ1n) is 7.05. The summed E-state index contributed by atoms with van der Waals surface area (Å²) in [6.07, 6.45) is 4.64. The fourth-order valence-corrected chi connectivity index (χ4v) is 2.44. The van der Waals surface area contributed by atoms with Gasteiger partial charge in [-0.25, -0.2) is 0 Å². The highest BCUT2D eigenvalue weighted by atomic mass is 32.1. The van der Waals surface area contributed by atoms with E-state index in [-0.39, 0.29) is 18.4 Å². The first kappa shape index (κ1) is 16.7. The molecule has 0 spiro atoms. The van der Waals surface area contributed by atoms with Crippen LogP contribution in [0.3, 0.4) is 0 Å². The Balaban J connectivity index is 2.18. The van der Waals surface area contributed by atoms with Crippen molar-refractivity contribution in [3.63, 3.8) is 0 Å². The van der Waals surface area contributed by atoms with E-state index >= 15 is 0 Å². The van der Waals surface area contributed by atoms with Crippen molar-refractivity contribution in [3.8, 4) is 0 Å². The SMILES string of the molecule is CCCCCCOC(=O)CN(C)C(=O)Cc1cccs1. The molecule has 1 aromatic heterocycles. The normalized spacial score (nSPS) is 10.3. The Labute approximate surface area is 124 Å². The third kappa shape index (κ3) is 6.70. The number of hydrogen-bond acceptors (Lipinski definition) is 4. The molecule has 0 fully saturated rings. The maximum Gasteiger partial charge on any atom is 0.325 e. The molecule has 0 aliphatic carbocycles. The zero-order valence-corrected chi connectivity index (χ0v) is 13.1. The molecule has 0 radical (unpaired) electrons. The molecule has 1 rings (SSSR count). The number of esters is 1. The molecule has 1 heterocycles. The Bertz CT molecular complexity index is 403. The van der Waals surface area contributed by atoms with Crippen LogP contribution in [0.5, 0.6) is 0 Å². The number of unbranched alkanes of at least 4 members (excludes halogenated alkanes) is 3. The lowest BCUT2D eigenvalue weighted by Gasteiger charge is -2.15. The second-order valence-corrected chi connectivity index (χ2v) is 5.82. The highest BCUT2D eigenvalue weighted by molar-refractivity contribution is 7.10. The minimum absolute atomic E-state index is 0.0258. The third-order valence-electron chi connectivity index (χ3n) is 2.96. The molecule has 0 atom stereocenters. The molecule has 0 saturated heterocycles. The van der Waals surface area contributed by atoms with Crippen LogP contribution in [0, 0.1) is 0 Å². The van der Waals surface area contributed by atoms with Gasteiger partial charge >= 0.3 is 5.97 Å². The van der Waals surface area contributed by atoms with E-state index in [2.05, 4.69) is 6.92 Å². The van der Waals surface area contributed by atoms with Gasteiger partial charge in [0.25, 0.3) is 0 Å². The Hall–Kier alpha value is -1.36. The Morgan fingerprint density at radius 2 is 2.10 bits per heavy atom. The van der Waals surface area contributed by atoms with Crippen LogP contribution in [-0.2, 0) is 20.7 Å². The summed E-state index contributed by atoms with van der Waals surface area (Å²) >= 11 is 1.55. The van der Waals surface area contributed by atoms with Crippen molar-refractivity contribution >= 4 is 23.2 Å². The van der Waals surface area contributed by atoms with Crippen molar-refractivity contribution in [2.45, 2.75) is 39.0 Å². The van der Waals surface area contributed by atoms with Crippen LogP contribution in [-0.4, -0.2) is 37.0 Å². The van der Waals surface area contributed by atoms with Crippen molar-refractivity contribution in [1.29, 1.82) is 0 Å². The average molecular weight is 297 g/mol. The van der Waals surface area contributed by atoms with Gasteiger partial charge in [0.15, 0.2) is 0 Å². The maximum atomic E-state index is 11.9. The summed E-state index contributed by atoms with van der Waals surface area (Å²) in [5, 5.41) is 1.94. The number of nitrogens with zero attached hydrogens (tertiary/aromatic N) is 1. The number of likely N-dealkylation sites (N-methyl/N-ethyl adjacent to an activating group) is 1. The van der Waals surface area contributed by atoms with Crippen LogP contribution in [0.4, 0.5) is 0 Å². The number of hydrogen-bond donors (Lipinski definition) is 0. The molecule has 20 heavy (non-hydrogen) atoms.